The first kappa shape index (κ1) is 16.5. The highest BCUT2D eigenvalue weighted by Crippen LogP contribution is 2.31. The van der Waals surface area contributed by atoms with Crippen LogP contribution in [-0.2, 0) is 9.53 Å². The molecule has 0 aromatic heterocycles. The molecular formula is C17H30N2O2. The van der Waals surface area contributed by atoms with Crippen LogP contribution in [0.4, 0.5) is 0 Å². The Hall–Kier alpha value is -0.870. The largest absolute Gasteiger partial charge is 0.379 e. The molecule has 2 aliphatic rings. The SMILES string of the molecule is CC1=CC[C@@H](C(C)(C)NC(=O)CCN2CCOCC2)CC1. The second-order valence-electron chi connectivity index (χ2n) is 7.00. The number of nitrogens with one attached hydrogen (secondary N) is 1. The molecule has 0 unspecified atom stereocenters. The van der Waals surface area contributed by atoms with E-state index in [0.717, 1.165) is 45.7 Å². The molecule has 1 saturated heterocycles. The summed E-state index contributed by atoms with van der Waals surface area (Å²) in [5.41, 5.74) is 1.37. The van der Waals surface area contributed by atoms with E-state index in [4.69, 9.17) is 4.74 Å². The average molecular weight is 294 g/mol. The highest BCUT2D eigenvalue weighted by Gasteiger charge is 2.31. The van der Waals surface area contributed by atoms with Gasteiger partial charge in [-0.05, 0) is 46.0 Å². The van der Waals surface area contributed by atoms with Gasteiger partial charge in [0.2, 0.25) is 5.91 Å². The number of morpholine rings is 1. The molecule has 0 saturated carbocycles. The molecule has 0 spiro atoms. The van der Waals surface area contributed by atoms with Crippen LogP contribution in [0, 0.1) is 5.92 Å². The van der Waals surface area contributed by atoms with Gasteiger partial charge in [-0.1, -0.05) is 11.6 Å². The van der Waals surface area contributed by atoms with Gasteiger partial charge < -0.3 is 10.1 Å². The fourth-order valence-corrected chi connectivity index (χ4v) is 3.23. The molecule has 1 aliphatic heterocycles. The van der Waals surface area contributed by atoms with E-state index >= 15 is 0 Å². The molecule has 1 fully saturated rings. The summed E-state index contributed by atoms with van der Waals surface area (Å²) in [5.74, 6) is 0.728. The molecule has 4 nitrogen and oxygen atoms in total. The number of carbonyl (C=O) groups is 1. The van der Waals surface area contributed by atoms with Crippen LogP contribution >= 0.6 is 0 Å². The maximum Gasteiger partial charge on any atom is 0.221 e. The Morgan fingerprint density at radius 3 is 2.76 bits per heavy atom. The Labute approximate surface area is 128 Å². The number of amides is 1. The van der Waals surface area contributed by atoms with Gasteiger partial charge in [-0.2, -0.15) is 0 Å². The third kappa shape index (κ3) is 5.11. The minimum atomic E-state index is -0.112. The Bertz CT molecular complexity index is 384. The van der Waals surface area contributed by atoms with Crippen molar-refractivity contribution in [3.05, 3.63) is 11.6 Å². The molecule has 21 heavy (non-hydrogen) atoms. The summed E-state index contributed by atoms with van der Waals surface area (Å²) in [7, 11) is 0. The molecule has 120 valence electrons. The zero-order valence-corrected chi connectivity index (χ0v) is 13.8. The summed E-state index contributed by atoms with van der Waals surface area (Å²) in [5, 5.41) is 3.25. The zero-order chi connectivity index (χ0) is 15.3. The van der Waals surface area contributed by atoms with E-state index in [1.54, 1.807) is 0 Å². The maximum atomic E-state index is 12.2. The summed E-state index contributed by atoms with van der Waals surface area (Å²) in [4.78, 5) is 14.5. The van der Waals surface area contributed by atoms with Crippen LogP contribution < -0.4 is 5.32 Å². The molecule has 2 rings (SSSR count). The molecule has 0 radical (unpaired) electrons. The normalized spacial score (nSPS) is 24.5. The molecule has 1 N–H and O–H groups in total. The summed E-state index contributed by atoms with van der Waals surface area (Å²) in [6, 6.07) is 0. The van der Waals surface area contributed by atoms with Gasteiger partial charge in [0.15, 0.2) is 0 Å². The molecule has 4 heteroatoms. The van der Waals surface area contributed by atoms with Gasteiger partial charge in [-0.15, -0.1) is 0 Å². The lowest BCUT2D eigenvalue weighted by molar-refractivity contribution is -0.123. The van der Waals surface area contributed by atoms with Crippen molar-refractivity contribution in [1.29, 1.82) is 0 Å². The molecule has 0 bridgehead atoms. The summed E-state index contributed by atoms with van der Waals surface area (Å²) >= 11 is 0. The first-order chi connectivity index (χ1) is 9.97. The molecular weight excluding hydrogens is 264 g/mol. The molecule has 0 aromatic carbocycles. The lowest BCUT2D eigenvalue weighted by Crippen LogP contribution is -2.50. The topological polar surface area (TPSA) is 41.6 Å². The van der Waals surface area contributed by atoms with Crippen LogP contribution in [0.5, 0.6) is 0 Å². The second kappa shape index (κ2) is 7.41. The van der Waals surface area contributed by atoms with E-state index in [1.165, 1.54) is 12.0 Å². The van der Waals surface area contributed by atoms with Gasteiger partial charge in [0.25, 0.3) is 0 Å². The third-order valence-corrected chi connectivity index (χ3v) is 4.88. The van der Waals surface area contributed by atoms with Crippen molar-refractivity contribution >= 4 is 5.91 Å². The van der Waals surface area contributed by atoms with E-state index in [9.17, 15) is 4.79 Å². The van der Waals surface area contributed by atoms with E-state index in [0.29, 0.717) is 12.3 Å². The Balaban J connectivity index is 1.75. The van der Waals surface area contributed by atoms with E-state index in [1.807, 2.05) is 0 Å². The predicted octanol–water partition coefficient (Wildman–Crippen LogP) is 2.35. The third-order valence-electron chi connectivity index (χ3n) is 4.88. The van der Waals surface area contributed by atoms with Crippen molar-refractivity contribution in [2.75, 3.05) is 32.8 Å². The minimum Gasteiger partial charge on any atom is -0.379 e. The number of hydrogen-bond donors (Lipinski definition) is 1. The fourth-order valence-electron chi connectivity index (χ4n) is 3.23. The van der Waals surface area contributed by atoms with Crippen LogP contribution in [0.1, 0.15) is 46.5 Å². The van der Waals surface area contributed by atoms with Crippen LogP contribution in [-0.4, -0.2) is 49.2 Å². The summed E-state index contributed by atoms with van der Waals surface area (Å²) in [6.07, 6.45) is 6.35. The number of nitrogens with zero attached hydrogens (tertiary/aromatic N) is 1. The first-order valence-electron chi connectivity index (χ1n) is 8.24. The predicted molar refractivity (Wildman–Crippen MR) is 85.2 cm³/mol. The number of carbonyl (C=O) groups excluding carboxylic acids is 1. The zero-order valence-electron chi connectivity index (χ0n) is 13.8. The monoisotopic (exact) mass is 294 g/mol. The van der Waals surface area contributed by atoms with Gasteiger partial charge in [0.05, 0.1) is 13.2 Å². The highest BCUT2D eigenvalue weighted by molar-refractivity contribution is 5.76. The van der Waals surface area contributed by atoms with Crippen molar-refractivity contribution in [3.63, 3.8) is 0 Å². The van der Waals surface area contributed by atoms with Crippen LogP contribution in [0.2, 0.25) is 0 Å². The number of allylic oxidation sites excluding steroid dienone is 2. The Kier molecular flexibility index (Phi) is 5.82. The van der Waals surface area contributed by atoms with Crippen LogP contribution in [0.3, 0.4) is 0 Å². The van der Waals surface area contributed by atoms with Crippen molar-refractivity contribution in [2.24, 2.45) is 5.92 Å². The van der Waals surface area contributed by atoms with E-state index in [-0.39, 0.29) is 11.4 Å². The van der Waals surface area contributed by atoms with Gasteiger partial charge in [0, 0.05) is 31.6 Å². The highest BCUT2D eigenvalue weighted by atomic mass is 16.5. The number of hydrogen-bond acceptors (Lipinski definition) is 3. The lowest BCUT2D eigenvalue weighted by atomic mass is 9.77. The molecule has 1 amide bonds. The second-order valence-corrected chi connectivity index (χ2v) is 7.00. The number of ether oxygens (including phenoxy) is 1. The van der Waals surface area contributed by atoms with Crippen molar-refractivity contribution in [1.82, 2.24) is 10.2 Å². The minimum absolute atomic E-state index is 0.112. The fraction of sp³-hybridized carbons (Fsp3) is 0.824. The summed E-state index contributed by atoms with van der Waals surface area (Å²) in [6.45, 7) is 10.9. The average Bonchev–Trinajstić information content (AvgIpc) is 2.46. The lowest BCUT2D eigenvalue weighted by Gasteiger charge is -2.37. The maximum absolute atomic E-state index is 12.2. The van der Waals surface area contributed by atoms with Crippen molar-refractivity contribution in [2.45, 2.75) is 52.0 Å². The molecule has 1 heterocycles. The van der Waals surface area contributed by atoms with Gasteiger partial charge in [0.1, 0.15) is 0 Å². The van der Waals surface area contributed by atoms with Gasteiger partial charge in [-0.3, -0.25) is 9.69 Å². The van der Waals surface area contributed by atoms with Crippen molar-refractivity contribution in [3.8, 4) is 0 Å². The van der Waals surface area contributed by atoms with E-state index in [2.05, 4.69) is 37.1 Å². The summed E-state index contributed by atoms with van der Waals surface area (Å²) < 4.78 is 5.33. The van der Waals surface area contributed by atoms with Gasteiger partial charge in [-0.25, -0.2) is 0 Å². The standard InChI is InChI=1S/C17H30N2O2/c1-14-4-6-15(7-5-14)17(2,3)18-16(20)8-9-19-10-12-21-13-11-19/h4,15H,5-13H2,1-3H3,(H,18,20)/t15-/m1/s1. The van der Waals surface area contributed by atoms with Gasteiger partial charge >= 0.3 is 0 Å². The Morgan fingerprint density at radius 1 is 1.43 bits per heavy atom. The Morgan fingerprint density at radius 2 is 2.14 bits per heavy atom. The molecule has 1 atom stereocenters. The van der Waals surface area contributed by atoms with Crippen molar-refractivity contribution < 1.29 is 9.53 Å². The smallest absolute Gasteiger partial charge is 0.221 e. The van der Waals surface area contributed by atoms with Crippen LogP contribution in [0.15, 0.2) is 11.6 Å². The van der Waals surface area contributed by atoms with E-state index < -0.39 is 0 Å². The first-order valence-corrected chi connectivity index (χ1v) is 8.24. The molecule has 1 aliphatic carbocycles. The van der Waals surface area contributed by atoms with Crippen LogP contribution in [0.25, 0.3) is 0 Å². The quantitative estimate of drug-likeness (QED) is 0.791. The number of rotatable bonds is 5. The molecule has 0 aromatic rings.